The first-order valence-corrected chi connectivity index (χ1v) is 14.6. The van der Waals surface area contributed by atoms with Gasteiger partial charge in [-0.25, -0.2) is 0 Å². The number of rotatable bonds is 12. The number of nitrogens with one attached hydrogen (secondary N) is 2. The van der Waals surface area contributed by atoms with Gasteiger partial charge in [0.15, 0.2) is 5.78 Å². The Morgan fingerprint density at radius 2 is 1.45 bits per heavy atom. The van der Waals surface area contributed by atoms with Crippen LogP contribution in [0.1, 0.15) is 53.5 Å². The van der Waals surface area contributed by atoms with E-state index in [1.807, 2.05) is 68.4 Å². The van der Waals surface area contributed by atoms with Crippen LogP contribution in [-0.2, 0) is 9.59 Å². The Morgan fingerprint density at radius 3 is 2.00 bits per heavy atom. The minimum Gasteiger partial charge on any atom is -0.343 e. The third-order valence-corrected chi connectivity index (χ3v) is 9.32. The standard InChI is InChI=1S/C30H31N3O5S2/c1-18(2)30(4,32-29(37)27-14-21-10-6-8-12-25(21)40-27)17-33(38)22(28(36)31-16-19(3)34)15-23(35)26-13-20-9-5-7-11-24(20)39-26/h5-14,18,22H,15-17H2,1-4H3,(H-,31,32,36,37)/p+1. The number of carbonyl (C=O) groups is 4. The SMILES string of the molecule is CC(=O)CNC(=O)C(CC(=O)c1cc2ccccc2s1)[N+](=O)CC(C)(NC(=O)c1cc2ccccc2s1)C(C)C. The maximum atomic E-state index is 13.6. The predicted molar refractivity (Wildman–Crippen MR) is 159 cm³/mol. The van der Waals surface area contributed by atoms with E-state index in [9.17, 15) is 24.1 Å². The zero-order valence-corrected chi connectivity index (χ0v) is 24.5. The molecule has 0 aliphatic carbocycles. The maximum absolute atomic E-state index is 13.6. The molecule has 2 atom stereocenters. The highest BCUT2D eigenvalue weighted by Gasteiger charge is 2.44. The van der Waals surface area contributed by atoms with Crippen LogP contribution in [0.25, 0.3) is 20.2 Å². The van der Waals surface area contributed by atoms with Gasteiger partial charge in [-0.3, -0.25) is 19.2 Å². The van der Waals surface area contributed by atoms with Gasteiger partial charge >= 0.3 is 0 Å². The molecule has 0 spiro atoms. The van der Waals surface area contributed by atoms with Crippen molar-refractivity contribution in [3.63, 3.8) is 0 Å². The first-order valence-electron chi connectivity index (χ1n) is 13.0. The zero-order valence-electron chi connectivity index (χ0n) is 22.9. The molecule has 0 bridgehead atoms. The number of fused-ring (bicyclic) bond motifs is 2. The van der Waals surface area contributed by atoms with E-state index in [-0.39, 0.29) is 42.9 Å². The van der Waals surface area contributed by atoms with Crippen LogP contribution in [0.15, 0.2) is 60.7 Å². The first kappa shape index (κ1) is 29.2. The van der Waals surface area contributed by atoms with E-state index in [1.54, 1.807) is 13.0 Å². The third-order valence-electron chi connectivity index (χ3n) is 7.05. The number of hydrogen-bond acceptors (Lipinski definition) is 7. The number of nitroso groups, excluding NO2 is 1. The zero-order chi connectivity index (χ0) is 29.0. The van der Waals surface area contributed by atoms with Gasteiger partial charge in [-0.1, -0.05) is 50.2 Å². The summed E-state index contributed by atoms with van der Waals surface area (Å²) >= 11 is 2.66. The van der Waals surface area contributed by atoms with E-state index in [0.717, 1.165) is 20.2 Å². The number of thiophene rings is 2. The van der Waals surface area contributed by atoms with Gasteiger partial charge in [0, 0.05) is 19.1 Å². The van der Waals surface area contributed by atoms with E-state index in [1.165, 1.54) is 29.6 Å². The second-order valence-electron chi connectivity index (χ2n) is 10.5. The van der Waals surface area contributed by atoms with E-state index < -0.39 is 17.5 Å². The number of carbonyl (C=O) groups excluding carboxylic acids is 4. The van der Waals surface area contributed by atoms with Gasteiger partial charge in [0.25, 0.3) is 17.9 Å². The van der Waals surface area contributed by atoms with Gasteiger partial charge in [-0.2, -0.15) is 0 Å². The van der Waals surface area contributed by atoms with Gasteiger partial charge in [0.05, 0.1) is 22.7 Å². The maximum Gasteiger partial charge on any atom is 0.294 e. The molecule has 2 amide bonds. The average Bonchev–Trinajstić information content (AvgIpc) is 3.54. The normalized spacial score (nSPS) is 13.6. The summed E-state index contributed by atoms with van der Waals surface area (Å²) in [7, 11) is 0. The molecule has 4 rings (SSSR count). The summed E-state index contributed by atoms with van der Waals surface area (Å²) in [4.78, 5) is 65.7. The molecular formula is C30H32N3O5S2+. The van der Waals surface area contributed by atoms with Crippen molar-refractivity contribution in [3.05, 3.63) is 75.3 Å². The number of Topliss-reactive ketones (excluding diaryl/α,β-unsaturated/α-hetero) is 2. The van der Waals surface area contributed by atoms with Gasteiger partial charge in [-0.15, -0.1) is 22.7 Å². The highest BCUT2D eigenvalue weighted by atomic mass is 32.1. The van der Waals surface area contributed by atoms with Crippen LogP contribution in [0.5, 0.6) is 0 Å². The molecule has 208 valence electrons. The molecule has 4 aromatic rings. The Kier molecular flexibility index (Phi) is 8.90. The fraction of sp³-hybridized carbons (Fsp3) is 0.333. The predicted octanol–water partition coefficient (Wildman–Crippen LogP) is 5.39. The quantitative estimate of drug-likeness (QED) is 0.173. The summed E-state index contributed by atoms with van der Waals surface area (Å²) in [5.74, 6) is -1.82. The molecule has 2 heterocycles. The van der Waals surface area contributed by atoms with Crippen LogP contribution in [0, 0.1) is 10.8 Å². The smallest absolute Gasteiger partial charge is 0.294 e. The van der Waals surface area contributed by atoms with E-state index in [2.05, 4.69) is 10.6 Å². The van der Waals surface area contributed by atoms with Crippen LogP contribution in [0.2, 0.25) is 0 Å². The molecule has 0 aliphatic rings. The highest BCUT2D eigenvalue weighted by Crippen LogP contribution is 2.28. The van der Waals surface area contributed by atoms with Crippen molar-refractivity contribution in [1.82, 2.24) is 10.6 Å². The molecular weight excluding hydrogens is 546 g/mol. The van der Waals surface area contributed by atoms with Gasteiger partial charge in [0.1, 0.15) is 11.3 Å². The number of hydrogen-bond donors (Lipinski definition) is 2. The summed E-state index contributed by atoms with van der Waals surface area (Å²) in [5, 5.41) is 7.35. The first-order chi connectivity index (χ1) is 19.0. The third kappa shape index (κ3) is 6.68. The van der Waals surface area contributed by atoms with Crippen LogP contribution in [-0.4, -0.2) is 52.8 Å². The van der Waals surface area contributed by atoms with Crippen molar-refractivity contribution in [3.8, 4) is 0 Å². The van der Waals surface area contributed by atoms with E-state index >= 15 is 0 Å². The number of nitrogens with zero attached hydrogens (tertiary/aromatic N) is 1. The fourth-order valence-electron chi connectivity index (χ4n) is 4.27. The van der Waals surface area contributed by atoms with Gasteiger partial charge < -0.3 is 10.6 Å². The molecule has 2 unspecified atom stereocenters. The monoisotopic (exact) mass is 578 g/mol. The van der Waals surface area contributed by atoms with Crippen molar-refractivity contribution in [1.29, 1.82) is 0 Å². The molecule has 0 fully saturated rings. The summed E-state index contributed by atoms with van der Waals surface area (Å²) < 4.78 is 2.47. The molecule has 2 aromatic carbocycles. The van der Waals surface area contributed by atoms with Gasteiger partial charge in [0.2, 0.25) is 6.54 Å². The number of ketones is 2. The molecule has 0 radical (unpaired) electrons. The Morgan fingerprint density at radius 1 is 0.900 bits per heavy atom. The Balaban J connectivity index is 1.55. The summed E-state index contributed by atoms with van der Waals surface area (Å²) in [6.45, 7) is 6.36. The lowest BCUT2D eigenvalue weighted by molar-refractivity contribution is -0.580. The van der Waals surface area contributed by atoms with Crippen molar-refractivity contribution in [2.75, 3.05) is 13.1 Å². The average molecular weight is 579 g/mol. The highest BCUT2D eigenvalue weighted by molar-refractivity contribution is 7.21. The molecule has 40 heavy (non-hydrogen) atoms. The van der Waals surface area contributed by atoms with Crippen LogP contribution < -0.4 is 10.6 Å². The van der Waals surface area contributed by atoms with Crippen molar-refractivity contribution >= 4 is 66.2 Å². The number of benzene rings is 2. The Labute approximate surface area is 240 Å². The molecule has 2 aromatic heterocycles. The molecule has 0 saturated carbocycles. The van der Waals surface area contributed by atoms with Crippen molar-refractivity contribution < 1.29 is 23.9 Å². The van der Waals surface area contributed by atoms with Crippen LogP contribution in [0.3, 0.4) is 0 Å². The van der Waals surface area contributed by atoms with E-state index in [0.29, 0.717) is 14.5 Å². The molecule has 0 saturated heterocycles. The summed E-state index contributed by atoms with van der Waals surface area (Å²) in [6, 6.07) is 17.4. The lowest BCUT2D eigenvalue weighted by atomic mass is 9.87. The molecule has 0 aliphatic heterocycles. The molecule has 2 N–H and O–H groups in total. The van der Waals surface area contributed by atoms with Crippen molar-refractivity contribution in [2.45, 2.75) is 45.7 Å². The van der Waals surface area contributed by atoms with E-state index in [4.69, 9.17) is 0 Å². The Bertz CT molecular complexity index is 1540. The summed E-state index contributed by atoms with van der Waals surface area (Å²) in [6.07, 6.45) is -0.363. The van der Waals surface area contributed by atoms with Crippen molar-refractivity contribution in [2.24, 2.45) is 5.92 Å². The largest absolute Gasteiger partial charge is 0.343 e. The minimum absolute atomic E-state index is 0.179. The minimum atomic E-state index is -1.38. The lowest BCUT2D eigenvalue weighted by Gasteiger charge is -2.31. The van der Waals surface area contributed by atoms with Crippen LogP contribution in [0.4, 0.5) is 0 Å². The fourth-order valence-corrected chi connectivity index (χ4v) is 6.23. The summed E-state index contributed by atoms with van der Waals surface area (Å²) in [5.41, 5.74) is -1.02. The molecule has 8 nitrogen and oxygen atoms in total. The number of amides is 2. The second-order valence-corrected chi connectivity index (χ2v) is 12.6. The van der Waals surface area contributed by atoms with Gasteiger partial charge in [-0.05, 0) is 54.8 Å². The second kappa shape index (κ2) is 12.2. The molecule has 10 heteroatoms. The lowest BCUT2D eigenvalue weighted by Crippen LogP contribution is -2.57. The van der Waals surface area contributed by atoms with Crippen LogP contribution >= 0.6 is 22.7 Å². The Hall–Kier alpha value is -3.76. The topological polar surface area (TPSA) is 112 Å².